The van der Waals surface area contributed by atoms with Crippen molar-refractivity contribution in [3.63, 3.8) is 0 Å². The van der Waals surface area contributed by atoms with Crippen molar-refractivity contribution in [2.45, 2.75) is 45.8 Å². The van der Waals surface area contributed by atoms with Crippen molar-refractivity contribution in [3.8, 4) is 0 Å². The number of alkyl halides is 3. The van der Waals surface area contributed by atoms with Gasteiger partial charge < -0.3 is 5.32 Å². The number of halogens is 4. The minimum atomic E-state index is -4.70. The van der Waals surface area contributed by atoms with Gasteiger partial charge in [-0.25, -0.2) is 4.39 Å². The molecule has 1 rings (SSSR count). The molecule has 0 unspecified atom stereocenters. The van der Waals surface area contributed by atoms with Gasteiger partial charge in [-0.15, -0.1) is 0 Å². The Bertz CT molecular complexity index is 518. The molecule has 1 N–H and O–H groups in total. The van der Waals surface area contributed by atoms with Gasteiger partial charge >= 0.3 is 6.18 Å². The second kappa shape index (κ2) is 7.27. The lowest BCUT2D eigenvalue weighted by Crippen LogP contribution is -2.29. The molecule has 0 aliphatic carbocycles. The van der Waals surface area contributed by atoms with Gasteiger partial charge in [-0.1, -0.05) is 45.9 Å². The van der Waals surface area contributed by atoms with Crippen molar-refractivity contribution in [2.75, 3.05) is 6.54 Å². The molecule has 1 nitrogen and oxygen atoms in total. The lowest BCUT2D eigenvalue weighted by atomic mass is 9.85. The van der Waals surface area contributed by atoms with Crippen LogP contribution in [0.3, 0.4) is 0 Å². The maximum atomic E-state index is 13.4. The van der Waals surface area contributed by atoms with E-state index in [-0.39, 0.29) is 17.9 Å². The molecule has 0 amide bonds. The van der Waals surface area contributed by atoms with E-state index in [1.54, 1.807) is 0 Å². The molecule has 0 bridgehead atoms. The van der Waals surface area contributed by atoms with Gasteiger partial charge in [0, 0.05) is 18.5 Å². The Balaban J connectivity index is 3.22. The first-order valence-corrected chi connectivity index (χ1v) is 7.32. The van der Waals surface area contributed by atoms with Gasteiger partial charge in [-0.2, -0.15) is 13.2 Å². The van der Waals surface area contributed by atoms with Crippen LogP contribution in [0.25, 0.3) is 0 Å². The fourth-order valence-electron chi connectivity index (χ4n) is 2.20. The van der Waals surface area contributed by atoms with Crippen LogP contribution < -0.4 is 5.32 Å². The van der Waals surface area contributed by atoms with Crippen molar-refractivity contribution in [1.82, 2.24) is 5.32 Å². The van der Waals surface area contributed by atoms with E-state index in [4.69, 9.17) is 0 Å². The molecule has 124 valence electrons. The second-order valence-electron chi connectivity index (χ2n) is 6.08. The fraction of sp³-hybridized carbons (Fsp3) is 0.529. The number of rotatable bonds is 6. The third-order valence-corrected chi connectivity index (χ3v) is 3.62. The van der Waals surface area contributed by atoms with Crippen LogP contribution in [-0.2, 0) is 6.18 Å². The van der Waals surface area contributed by atoms with Crippen molar-refractivity contribution in [3.05, 3.63) is 47.3 Å². The minimum Gasteiger partial charge on any atom is -0.314 e. The van der Waals surface area contributed by atoms with Crippen LogP contribution in [0.5, 0.6) is 0 Å². The predicted octanol–water partition coefficient (Wildman–Crippen LogP) is 5.14. The Hall–Kier alpha value is -1.36. The van der Waals surface area contributed by atoms with E-state index in [0.29, 0.717) is 12.1 Å². The molecule has 1 atom stereocenters. The zero-order valence-electron chi connectivity index (χ0n) is 13.4. The average Bonchev–Trinajstić information content (AvgIpc) is 2.38. The molecular formula is C17H23F4N. The molecule has 1 aromatic rings. The molecule has 0 saturated heterocycles. The van der Waals surface area contributed by atoms with Gasteiger partial charge in [0.15, 0.2) is 0 Å². The van der Waals surface area contributed by atoms with E-state index < -0.39 is 17.6 Å². The van der Waals surface area contributed by atoms with Crippen molar-refractivity contribution in [2.24, 2.45) is 5.92 Å². The lowest BCUT2D eigenvalue weighted by molar-refractivity contribution is -0.140. The normalized spacial score (nSPS) is 13.7. The van der Waals surface area contributed by atoms with Gasteiger partial charge in [0.2, 0.25) is 0 Å². The average molecular weight is 317 g/mol. The van der Waals surface area contributed by atoms with Gasteiger partial charge in [0.25, 0.3) is 0 Å². The molecule has 0 heterocycles. The monoisotopic (exact) mass is 317 g/mol. The summed E-state index contributed by atoms with van der Waals surface area (Å²) >= 11 is 0. The molecule has 0 aliphatic heterocycles. The number of benzene rings is 1. The summed E-state index contributed by atoms with van der Waals surface area (Å²) in [7, 11) is 0. The molecule has 0 spiro atoms. The van der Waals surface area contributed by atoms with E-state index in [2.05, 4.69) is 11.9 Å². The summed E-state index contributed by atoms with van der Waals surface area (Å²) in [5.41, 5.74) is 0.0320. The Morgan fingerprint density at radius 3 is 2.23 bits per heavy atom. The topological polar surface area (TPSA) is 12.0 Å². The summed E-state index contributed by atoms with van der Waals surface area (Å²) < 4.78 is 52.1. The van der Waals surface area contributed by atoms with Crippen LogP contribution in [0.1, 0.15) is 44.7 Å². The Labute approximate surface area is 129 Å². The summed E-state index contributed by atoms with van der Waals surface area (Å²) in [6.07, 6.45) is -4.70. The third kappa shape index (κ3) is 4.83. The SMILES string of the molecule is C=C(C(C)C)[C@H](CNC(C)C)c1ccc(F)c(C(F)(F)F)c1. The molecule has 0 radical (unpaired) electrons. The molecule has 1 aromatic carbocycles. The van der Waals surface area contributed by atoms with E-state index in [9.17, 15) is 17.6 Å². The first-order chi connectivity index (χ1) is 10.0. The van der Waals surface area contributed by atoms with Crippen LogP contribution in [0.15, 0.2) is 30.4 Å². The maximum Gasteiger partial charge on any atom is 0.419 e. The summed E-state index contributed by atoms with van der Waals surface area (Å²) in [4.78, 5) is 0. The fourth-order valence-corrected chi connectivity index (χ4v) is 2.20. The molecule has 22 heavy (non-hydrogen) atoms. The van der Waals surface area contributed by atoms with E-state index >= 15 is 0 Å². The third-order valence-electron chi connectivity index (χ3n) is 3.62. The molecule has 5 heteroatoms. The van der Waals surface area contributed by atoms with Crippen molar-refractivity contribution < 1.29 is 17.6 Å². The Morgan fingerprint density at radius 1 is 1.18 bits per heavy atom. The molecular weight excluding hydrogens is 294 g/mol. The molecule has 0 saturated carbocycles. The predicted molar refractivity (Wildman–Crippen MR) is 81.3 cm³/mol. The Morgan fingerprint density at radius 2 is 1.77 bits per heavy atom. The zero-order chi connectivity index (χ0) is 17.1. The molecule has 0 aromatic heterocycles. The summed E-state index contributed by atoms with van der Waals surface area (Å²) in [5, 5.41) is 3.22. The first kappa shape index (κ1) is 18.7. The van der Waals surface area contributed by atoms with Crippen LogP contribution in [0.4, 0.5) is 17.6 Å². The second-order valence-corrected chi connectivity index (χ2v) is 6.08. The van der Waals surface area contributed by atoms with Gasteiger partial charge in [-0.3, -0.25) is 0 Å². The highest BCUT2D eigenvalue weighted by molar-refractivity contribution is 5.34. The van der Waals surface area contributed by atoms with E-state index in [0.717, 1.165) is 17.7 Å². The van der Waals surface area contributed by atoms with Crippen LogP contribution >= 0.6 is 0 Å². The van der Waals surface area contributed by atoms with Crippen molar-refractivity contribution >= 4 is 0 Å². The van der Waals surface area contributed by atoms with E-state index in [1.807, 2.05) is 27.7 Å². The molecule has 0 fully saturated rings. The number of hydrogen-bond acceptors (Lipinski definition) is 1. The summed E-state index contributed by atoms with van der Waals surface area (Å²) in [5.74, 6) is -1.41. The lowest BCUT2D eigenvalue weighted by Gasteiger charge is -2.25. The van der Waals surface area contributed by atoms with Gasteiger partial charge in [0.05, 0.1) is 5.56 Å². The van der Waals surface area contributed by atoms with E-state index in [1.165, 1.54) is 6.07 Å². The standard InChI is InChI=1S/C17H23F4N/c1-10(2)12(5)14(9-22-11(3)4)13-6-7-16(18)15(8-13)17(19,20)21/h6-8,10-11,14,22H,5,9H2,1-4H3/t14-/m0/s1. The summed E-state index contributed by atoms with van der Waals surface area (Å²) in [6, 6.07) is 3.39. The minimum absolute atomic E-state index is 0.123. The van der Waals surface area contributed by atoms with Gasteiger partial charge in [0.1, 0.15) is 5.82 Å². The molecule has 0 aliphatic rings. The number of hydrogen-bond donors (Lipinski definition) is 1. The van der Waals surface area contributed by atoms with Gasteiger partial charge in [-0.05, 0) is 23.6 Å². The highest BCUT2D eigenvalue weighted by Crippen LogP contribution is 2.35. The van der Waals surface area contributed by atoms with Crippen LogP contribution in [0, 0.1) is 11.7 Å². The highest BCUT2D eigenvalue weighted by Gasteiger charge is 2.35. The van der Waals surface area contributed by atoms with Crippen molar-refractivity contribution in [1.29, 1.82) is 0 Å². The smallest absolute Gasteiger partial charge is 0.314 e. The first-order valence-electron chi connectivity index (χ1n) is 7.32. The highest BCUT2D eigenvalue weighted by atomic mass is 19.4. The quantitative estimate of drug-likeness (QED) is 0.566. The largest absolute Gasteiger partial charge is 0.419 e. The van der Waals surface area contributed by atoms with Crippen LogP contribution in [0.2, 0.25) is 0 Å². The Kier molecular flexibility index (Phi) is 6.17. The number of nitrogens with one attached hydrogen (secondary N) is 1. The zero-order valence-corrected chi connectivity index (χ0v) is 13.4. The summed E-state index contributed by atoms with van der Waals surface area (Å²) in [6.45, 7) is 12.3. The maximum absolute atomic E-state index is 13.4. The van der Waals surface area contributed by atoms with Crippen LogP contribution in [-0.4, -0.2) is 12.6 Å².